The number of hydrogen-bond donors (Lipinski definition) is 1. The molecule has 2 atom stereocenters. The maximum Gasteiger partial charge on any atom is 0.228 e. The van der Waals surface area contributed by atoms with Crippen LogP contribution >= 0.6 is 0 Å². The van der Waals surface area contributed by atoms with E-state index in [1.54, 1.807) is 0 Å². The molecule has 1 aromatic heterocycles. The Balaban J connectivity index is 1.98. The quantitative estimate of drug-likeness (QED) is 0.868. The highest BCUT2D eigenvalue weighted by Crippen LogP contribution is 2.33. The monoisotopic (exact) mass is 253 g/mol. The van der Waals surface area contributed by atoms with Gasteiger partial charge in [-0.1, -0.05) is 19.0 Å². The number of aromatic nitrogens is 2. The summed E-state index contributed by atoms with van der Waals surface area (Å²) in [6.07, 6.45) is 3.60. The van der Waals surface area contributed by atoms with Crippen LogP contribution in [0.15, 0.2) is 4.52 Å². The molecule has 0 radical (unpaired) electrons. The van der Waals surface area contributed by atoms with Crippen molar-refractivity contribution >= 4 is 0 Å². The molecule has 0 amide bonds. The van der Waals surface area contributed by atoms with Crippen LogP contribution in [0.2, 0.25) is 0 Å². The Bertz CT molecular complexity index is 383. The second kappa shape index (κ2) is 5.36. The van der Waals surface area contributed by atoms with E-state index in [0.29, 0.717) is 24.1 Å². The van der Waals surface area contributed by atoms with Crippen LogP contribution in [0.4, 0.5) is 0 Å². The maximum absolute atomic E-state index is 6.04. The molecule has 5 heteroatoms. The molecule has 0 aromatic carbocycles. The maximum atomic E-state index is 6.04. The van der Waals surface area contributed by atoms with Gasteiger partial charge in [0.1, 0.15) is 5.60 Å². The molecular weight excluding hydrogens is 230 g/mol. The van der Waals surface area contributed by atoms with Crippen molar-refractivity contribution in [3.05, 3.63) is 11.7 Å². The van der Waals surface area contributed by atoms with Crippen molar-refractivity contribution in [2.75, 3.05) is 6.61 Å². The first-order chi connectivity index (χ1) is 8.49. The molecule has 5 nitrogen and oxygen atoms in total. The van der Waals surface area contributed by atoms with Crippen molar-refractivity contribution in [1.29, 1.82) is 0 Å². The first-order valence-corrected chi connectivity index (χ1v) is 6.72. The zero-order valence-electron chi connectivity index (χ0n) is 11.5. The summed E-state index contributed by atoms with van der Waals surface area (Å²) in [5.41, 5.74) is 5.67. The number of hydrogen-bond acceptors (Lipinski definition) is 5. The molecule has 0 bridgehead atoms. The van der Waals surface area contributed by atoms with Crippen molar-refractivity contribution in [3.8, 4) is 0 Å². The molecule has 1 saturated heterocycles. The molecule has 2 heterocycles. The van der Waals surface area contributed by atoms with E-state index in [0.717, 1.165) is 25.9 Å². The predicted octanol–water partition coefficient (Wildman–Crippen LogP) is 2.01. The summed E-state index contributed by atoms with van der Waals surface area (Å²) in [4.78, 5) is 4.43. The van der Waals surface area contributed by atoms with E-state index >= 15 is 0 Å². The average Bonchev–Trinajstić information content (AvgIpc) is 2.86. The number of ether oxygens (including phenoxy) is 1. The van der Waals surface area contributed by atoms with Crippen molar-refractivity contribution in [3.63, 3.8) is 0 Å². The minimum Gasteiger partial charge on any atom is -0.367 e. The second-order valence-electron chi connectivity index (χ2n) is 5.79. The molecule has 1 aromatic rings. The molecule has 0 saturated carbocycles. The lowest BCUT2D eigenvalue weighted by Crippen LogP contribution is -2.25. The van der Waals surface area contributed by atoms with E-state index in [1.165, 1.54) is 0 Å². The summed E-state index contributed by atoms with van der Waals surface area (Å²) < 4.78 is 11.0. The van der Waals surface area contributed by atoms with Crippen LogP contribution in [0.3, 0.4) is 0 Å². The summed E-state index contributed by atoms with van der Waals surface area (Å²) in [7, 11) is 0. The zero-order chi connectivity index (χ0) is 13.2. The van der Waals surface area contributed by atoms with E-state index in [1.807, 2.05) is 6.92 Å². The van der Waals surface area contributed by atoms with Gasteiger partial charge in [-0.2, -0.15) is 4.98 Å². The van der Waals surface area contributed by atoms with Crippen LogP contribution in [0.5, 0.6) is 0 Å². The van der Waals surface area contributed by atoms with E-state index in [9.17, 15) is 0 Å². The van der Waals surface area contributed by atoms with Crippen LogP contribution in [-0.4, -0.2) is 22.8 Å². The van der Waals surface area contributed by atoms with Gasteiger partial charge in [0.15, 0.2) is 0 Å². The average molecular weight is 253 g/mol. The molecule has 18 heavy (non-hydrogen) atoms. The SMILES string of the molecule is CC(C)CC(N)Cc1nc(C2(C)CCCO2)no1. The van der Waals surface area contributed by atoms with E-state index in [-0.39, 0.29) is 11.6 Å². The minimum atomic E-state index is -0.371. The van der Waals surface area contributed by atoms with Gasteiger partial charge in [0.05, 0.1) is 0 Å². The lowest BCUT2D eigenvalue weighted by atomic mass is 10.0. The minimum absolute atomic E-state index is 0.0793. The van der Waals surface area contributed by atoms with Gasteiger partial charge >= 0.3 is 0 Å². The number of nitrogens with two attached hydrogens (primary N) is 1. The van der Waals surface area contributed by atoms with Crippen molar-refractivity contribution in [2.45, 2.75) is 58.1 Å². The molecule has 0 spiro atoms. The number of rotatable bonds is 5. The molecule has 1 aliphatic heterocycles. The van der Waals surface area contributed by atoms with Gasteiger partial charge in [-0.05, 0) is 32.1 Å². The molecular formula is C13H23N3O2. The molecule has 1 aliphatic rings. The fraction of sp³-hybridized carbons (Fsp3) is 0.846. The van der Waals surface area contributed by atoms with E-state index in [4.69, 9.17) is 15.0 Å². The summed E-state index contributed by atoms with van der Waals surface area (Å²) in [6, 6.07) is 0.0793. The topological polar surface area (TPSA) is 74.2 Å². The van der Waals surface area contributed by atoms with Crippen LogP contribution in [-0.2, 0) is 16.8 Å². The van der Waals surface area contributed by atoms with Crippen molar-refractivity contribution in [2.24, 2.45) is 11.7 Å². The van der Waals surface area contributed by atoms with Gasteiger partial charge in [-0.25, -0.2) is 0 Å². The Morgan fingerprint density at radius 2 is 2.22 bits per heavy atom. The Labute approximate surface area is 108 Å². The fourth-order valence-electron chi connectivity index (χ4n) is 2.42. The van der Waals surface area contributed by atoms with E-state index in [2.05, 4.69) is 24.0 Å². The first kappa shape index (κ1) is 13.5. The van der Waals surface area contributed by atoms with Gasteiger partial charge in [0.25, 0.3) is 0 Å². The highest BCUT2D eigenvalue weighted by Gasteiger charge is 2.36. The Morgan fingerprint density at radius 1 is 1.44 bits per heavy atom. The Kier molecular flexibility index (Phi) is 4.02. The molecule has 2 N–H and O–H groups in total. The summed E-state index contributed by atoms with van der Waals surface area (Å²) in [6.45, 7) is 7.11. The van der Waals surface area contributed by atoms with Crippen LogP contribution in [0.1, 0.15) is 51.7 Å². The summed E-state index contributed by atoms with van der Waals surface area (Å²) >= 11 is 0. The Morgan fingerprint density at radius 3 is 2.83 bits per heavy atom. The van der Waals surface area contributed by atoms with Gasteiger partial charge in [0.2, 0.25) is 11.7 Å². The largest absolute Gasteiger partial charge is 0.367 e. The summed E-state index contributed by atoms with van der Waals surface area (Å²) in [5.74, 6) is 1.86. The first-order valence-electron chi connectivity index (χ1n) is 6.72. The Hall–Kier alpha value is -0.940. The lowest BCUT2D eigenvalue weighted by molar-refractivity contribution is 0.00768. The van der Waals surface area contributed by atoms with Crippen molar-refractivity contribution in [1.82, 2.24) is 10.1 Å². The molecule has 102 valence electrons. The highest BCUT2D eigenvalue weighted by molar-refractivity contribution is 5.02. The van der Waals surface area contributed by atoms with Gasteiger partial charge < -0.3 is 15.0 Å². The van der Waals surface area contributed by atoms with E-state index < -0.39 is 0 Å². The molecule has 0 aliphatic carbocycles. The van der Waals surface area contributed by atoms with Crippen LogP contribution in [0, 0.1) is 5.92 Å². The third kappa shape index (κ3) is 3.09. The fourth-order valence-corrected chi connectivity index (χ4v) is 2.42. The molecule has 2 unspecified atom stereocenters. The van der Waals surface area contributed by atoms with Crippen LogP contribution in [0.25, 0.3) is 0 Å². The smallest absolute Gasteiger partial charge is 0.228 e. The highest BCUT2D eigenvalue weighted by atomic mass is 16.5. The zero-order valence-corrected chi connectivity index (χ0v) is 11.5. The normalized spacial score (nSPS) is 25.8. The number of nitrogens with zero attached hydrogens (tertiary/aromatic N) is 2. The standard InChI is InChI=1S/C13H23N3O2/c1-9(2)7-10(14)8-11-15-12(16-18-11)13(3)5-4-6-17-13/h9-10H,4-8,14H2,1-3H3. The van der Waals surface area contributed by atoms with Gasteiger partial charge in [-0.3, -0.25) is 0 Å². The lowest BCUT2D eigenvalue weighted by Gasteiger charge is -2.17. The van der Waals surface area contributed by atoms with Crippen molar-refractivity contribution < 1.29 is 9.26 Å². The molecule has 2 rings (SSSR count). The third-order valence-corrected chi connectivity index (χ3v) is 3.37. The second-order valence-corrected chi connectivity index (χ2v) is 5.79. The van der Waals surface area contributed by atoms with Gasteiger partial charge in [0, 0.05) is 19.1 Å². The van der Waals surface area contributed by atoms with Crippen LogP contribution < -0.4 is 5.73 Å². The predicted molar refractivity (Wildman–Crippen MR) is 68.0 cm³/mol. The molecule has 1 fully saturated rings. The summed E-state index contributed by atoms with van der Waals surface area (Å²) in [5, 5.41) is 4.04. The van der Waals surface area contributed by atoms with Gasteiger partial charge in [-0.15, -0.1) is 0 Å². The third-order valence-electron chi connectivity index (χ3n) is 3.37.